The van der Waals surface area contributed by atoms with Crippen LogP contribution >= 0.6 is 0 Å². The quantitative estimate of drug-likeness (QED) is 0.663. The van der Waals surface area contributed by atoms with E-state index in [2.05, 4.69) is 9.88 Å². The van der Waals surface area contributed by atoms with Gasteiger partial charge in [0.2, 0.25) is 0 Å². The second kappa shape index (κ2) is 8.01. The third-order valence-electron chi connectivity index (χ3n) is 3.58. The molecular formula is C14H23N3O3. The number of methoxy groups -OCH3 is 1. The highest BCUT2D eigenvalue weighted by Crippen LogP contribution is 2.13. The molecule has 6 nitrogen and oxygen atoms in total. The van der Waals surface area contributed by atoms with Crippen LogP contribution in [0.5, 0.6) is 0 Å². The minimum Gasteiger partial charge on any atom is -0.469 e. The Morgan fingerprint density at radius 1 is 1.55 bits per heavy atom. The van der Waals surface area contributed by atoms with Gasteiger partial charge in [0, 0.05) is 45.2 Å². The minimum absolute atomic E-state index is 0.162. The summed E-state index contributed by atoms with van der Waals surface area (Å²) < 4.78 is 12.4. The molecule has 1 aliphatic heterocycles. The van der Waals surface area contributed by atoms with Crippen LogP contribution in [0, 0.1) is 0 Å². The summed E-state index contributed by atoms with van der Waals surface area (Å²) in [5, 5.41) is 0. The molecule has 112 valence electrons. The normalized spacial score (nSPS) is 18.6. The SMILES string of the molecule is COC(=O)CCN(CCn1ccnc1)CC1CCCO1. The fourth-order valence-corrected chi connectivity index (χ4v) is 2.40. The van der Waals surface area contributed by atoms with Crippen molar-refractivity contribution in [2.75, 3.05) is 33.4 Å². The molecule has 0 bridgehead atoms. The standard InChI is InChI=1S/C14H23N3O3/c1-19-14(18)4-6-16(11-13-3-2-10-20-13)8-9-17-7-5-15-12-17/h5,7,12-13H,2-4,6,8-11H2,1H3. The van der Waals surface area contributed by atoms with Crippen molar-refractivity contribution in [2.45, 2.75) is 31.9 Å². The number of esters is 1. The predicted molar refractivity (Wildman–Crippen MR) is 74.3 cm³/mol. The molecule has 1 aromatic rings. The van der Waals surface area contributed by atoms with E-state index < -0.39 is 0 Å². The number of hydrogen-bond acceptors (Lipinski definition) is 5. The minimum atomic E-state index is -0.162. The summed E-state index contributed by atoms with van der Waals surface area (Å²) in [6.07, 6.45) is 8.51. The van der Waals surface area contributed by atoms with Gasteiger partial charge in [-0.2, -0.15) is 0 Å². The zero-order chi connectivity index (χ0) is 14.2. The van der Waals surface area contributed by atoms with Crippen LogP contribution in [0.15, 0.2) is 18.7 Å². The maximum atomic E-state index is 11.3. The highest BCUT2D eigenvalue weighted by atomic mass is 16.5. The van der Waals surface area contributed by atoms with E-state index in [1.807, 2.05) is 17.1 Å². The van der Waals surface area contributed by atoms with Crippen molar-refractivity contribution in [3.8, 4) is 0 Å². The van der Waals surface area contributed by atoms with Gasteiger partial charge in [0.05, 0.1) is 26.0 Å². The number of aromatic nitrogens is 2. The van der Waals surface area contributed by atoms with E-state index in [1.54, 1.807) is 6.20 Å². The summed E-state index contributed by atoms with van der Waals surface area (Å²) in [4.78, 5) is 17.6. The van der Waals surface area contributed by atoms with Gasteiger partial charge >= 0.3 is 5.97 Å². The van der Waals surface area contributed by atoms with Crippen LogP contribution in [0.3, 0.4) is 0 Å². The number of nitrogens with zero attached hydrogens (tertiary/aromatic N) is 3. The van der Waals surface area contributed by atoms with Crippen LogP contribution in [0.25, 0.3) is 0 Å². The van der Waals surface area contributed by atoms with Gasteiger partial charge in [0.25, 0.3) is 0 Å². The van der Waals surface area contributed by atoms with Crippen LogP contribution in [0.4, 0.5) is 0 Å². The summed E-state index contributed by atoms with van der Waals surface area (Å²) in [6, 6.07) is 0. The van der Waals surface area contributed by atoms with E-state index >= 15 is 0 Å². The van der Waals surface area contributed by atoms with Crippen molar-refractivity contribution in [1.82, 2.24) is 14.5 Å². The number of ether oxygens (including phenoxy) is 2. The van der Waals surface area contributed by atoms with Crippen LogP contribution < -0.4 is 0 Å². The Morgan fingerprint density at radius 3 is 3.10 bits per heavy atom. The monoisotopic (exact) mass is 281 g/mol. The largest absolute Gasteiger partial charge is 0.469 e. The molecule has 0 aromatic carbocycles. The number of carbonyl (C=O) groups is 1. The summed E-state index contributed by atoms with van der Waals surface area (Å²) in [5.41, 5.74) is 0. The number of rotatable bonds is 8. The van der Waals surface area contributed by atoms with Crippen LogP contribution in [0.1, 0.15) is 19.3 Å². The van der Waals surface area contributed by atoms with Gasteiger partial charge in [-0.05, 0) is 12.8 Å². The van der Waals surface area contributed by atoms with E-state index in [0.717, 1.165) is 39.1 Å². The Labute approximate surface area is 119 Å². The fourth-order valence-electron chi connectivity index (χ4n) is 2.40. The lowest BCUT2D eigenvalue weighted by Crippen LogP contribution is -2.36. The molecule has 1 saturated heterocycles. The molecule has 6 heteroatoms. The molecule has 0 radical (unpaired) electrons. The highest BCUT2D eigenvalue weighted by molar-refractivity contribution is 5.69. The van der Waals surface area contributed by atoms with Crippen LogP contribution in [-0.2, 0) is 20.8 Å². The summed E-state index contributed by atoms with van der Waals surface area (Å²) in [6.45, 7) is 4.20. The molecule has 0 aliphatic carbocycles. The van der Waals surface area contributed by atoms with Crippen molar-refractivity contribution in [2.24, 2.45) is 0 Å². The lowest BCUT2D eigenvalue weighted by Gasteiger charge is -2.24. The summed E-state index contributed by atoms with van der Waals surface area (Å²) in [5.74, 6) is -0.162. The fraction of sp³-hybridized carbons (Fsp3) is 0.714. The van der Waals surface area contributed by atoms with E-state index in [4.69, 9.17) is 9.47 Å². The van der Waals surface area contributed by atoms with Crippen molar-refractivity contribution in [3.05, 3.63) is 18.7 Å². The molecule has 1 aromatic heterocycles. The number of imidazole rings is 1. The first-order valence-corrected chi connectivity index (χ1v) is 7.14. The number of hydrogen-bond donors (Lipinski definition) is 0. The van der Waals surface area contributed by atoms with Crippen molar-refractivity contribution in [1.29, 1.82) is 0 Å². The zero-order valence-corrected chi connectivity index (χ0v) is 12.0. The third-order valence-corrected chi connectivity index (χ3v) is 3.58. The van der Waals surface area contributed by atoms with Gasteiger partial charge in [-0.15, -0.1) is 0 Å². The Balaban J connectivity index is 1.79. The molecule has 0 saturated carbocycles. The van der Waals surface area contributed by atoms with Crippen molar-refractivity contribution in [3.63, 3.8) is 0 Å². The van der Waals surface area contributed by atoms with Gasteiger partial charge < -0.3 is 14.0 Å². The first kappa shape index (κ1) is 15.0. The molecule has 0 N–H and O–H groups in total. The Morgan fingerprint density at radius 2 is 2.45 bits per heavy atom. The topological polar surface area (TPSA) is 56.6 Å². The Hall–Kier alpha value is -1.40. The Kier molecular flexibility index (Phi) is 6.01. The third kappa shape index (κ3) is 4.94. The molecule has 1 fully saturated rings. The van der Waals surface area contributed by atoms with Gasteiger partial charge in [-0.3, -0.25) is 9.69 Å². The molecule has 1 unspecified atom stereocenters. The number of carbonyl (C=O) groups excluding carboxylic acids is 1. The van der Waals surface area contributed by atoms with Crippen molar-refractivity contribution < 1.29 is 14.3 Å². The highest BCUT2D eigenvalue weighted by Gasteiger charge is 2.19. The van der Waals surface area contributed by atoms with Crippen LogP contribution in [-0.4, -0.2) is 59.9 Å². The first-order valence-electron chi connectivity index (χ1n) is 7.14. The average molecular weight is 281 g/mol. The lowest BCUT2D eigenvalue weighted by molar-refractivity contribution is -0.141. The molecule has 2 rings (SSSR count). The second-order valence-electron chi connectivity index (χ2n) is 5.06. The van der Waals surface area contributed by atoms with Gasteiger partial charge in [-0.25, -0.2) is 4.98 Å². The smallest absolute Gasteiger partial charge is 0.306 e. The maximum Gasteiger partial charge on any atom is 0.306 e. The lowest BCUT2D eigenvalue weighted by atomic mass is 10.2. The average Bonchev–Trinajstić information content (AvgIpc) is 3.14. The molecule has 20 heavy (non-hydrogen) atoms. The van der Waals surface area contributed by atoms with Crippen molar-refractivity contribution >= 4 is 5.97 Å². The van der Waals surface area contributed by atoms with E-state index in [0.29, 0.717) is 19.1 Å². The first-order chi connectivity index (χ1) is 9.78. The van der Waals surface area contributed by atoms with Gasteiger partial charge in [0.1, 0.15) is 0 Å². The molecule has 1 atom stereocenters. The molecule has 0 amide bonds. The maximum absolute atomic E-state index is 11.3. The zero-order valence-electron chi connectivity index (χ0n) is 12.0. The summed E-state index contributed by atoms with van der Waals surface area (Å²) in [7, 11) is 1.43. The molecular weight excluding hydrogens is 258 g/mol. The summed E-state index contributed by atoms with van der Waals surface area (Å²) >= 11 is 0. The second-order valence-corrected chi connectivity index (χ2v) is 5.06. The Bertz CT molecular complexity index is 388. The predicted octanol–water partition coefficient (Wildman–Crippen LogP) is 0.927. The molecule has 1 aliphatic rings. The van der Waals surface area contributed by atoms with Gasteiger partial charge in [0.15, 0.2) is 0 Å². The molecule has 2 heterocycles. The van der Waals surface area contributed by atoms with E-state index in [-0.39, 0.29) is 5.97 Å². The van der Waals surface area contributed by atoms with Gasteiger partial charge in [-0.1, -0.05) is 0 Å². The van der Waals surface area contributed by atoms with Crippen LogP contribution in [0.2, 0.25) is 0 Å². The van der Waals surface area contributed by atoms with E-state index in [1.165, 1.54) is 7.11 Å². The molecule has 0 spiro atoms. The van der Waals surface area contributed by atoms with E-state index in [9.17, 15) is 4.79 Å².